The molecule has 0 saturated carbocycles. The highest BCUT2D eigenvalue weighted by Gasteiger charge is 2.21. The van der Waals surface area contributed by atoms with Crippen LogP contribution in [-0.2, 0) is 4.79 Å². The normalized spacial score (nSPS) is 12.1. The zero-order valence-electron chi connectivity index (χ0n) is 13.4. The Hall–Kier alpha value is -2.11. The molecule has 0 aliphatic carbocycles. The first-order chi connectivity index (χ1) is 11.5. The number of carbonyl (C=O) groups is 1. The van der Waals surface area contributed by atoms with Gasteiger partial charge in [0.15, 0.2) is 6.61 Å². The maximum atomic E-state index is 12.4. The first kappa shape index (κ1) is 16.7. The number of likely N-dealkylation sites (N-methyl/N-ethyl adjacent to an activating group) is 1. The van der Waals surface area contributed by atoms with Crippen LogP contribution in [0.2, 0.25) is 5.02 Å². The molecule has 0 aliphatic rings. The van der Waals surface area contributed by atoms with Gasteiger partial charge in [-0.1, -0.05) is 23.7 Å². The number of thiazole rings is 1. The molecule has 1 heterocycles. The minimum absolute atomic E-state index is 0.0205. The van der Waals surface area contributed by atoms with E-state index in [-0.39, 0.29) is 18.6 Å². The summed E-state index contributed by atoms with van der Waals surface area (Å²) < 4.78 is 6.64. The maximum Gasteiger partial charge on any atom is 0.260 e. The average Bonchev–Trinajstić information content (AvgIpc) is 3.03. The highest BCUT2D eigenvalue weighted by Crippen LogP contribution is 2.28. The van der Waals surface area contributed by atoms with Gasteiger partial charge in [0.1, 0.15) is 10.8 Å². The number of aromatic nitrogens is 1. The predicted molar refractivity (Wildman–Crippen MR) is 97.8 cm³/mol. The smallest absolute Gasteiger partial charge is 0.260 e. The quantitative estimate of drug-likeness (QED) is 0.670. The number of halogens is 1. The van der Waals surface area contributed by atoms with Crippen molar-refractivity contribution in [3.8, 4) is 5.75 Å². The van der Waals surface area contributed by atoms with Gasteiger partial charge in [0.05, 0.1) is 16.3 Å². The Bertz CT molecular complexity index is 815. The van der Waals surface area contributed by atoms with Gasteiger partial charge >= 0.3 is 0 Å². The second-order valence-electron chi connectivity index (χ2n) is 5.44. The van der Waals surface area contributed by atoms with Gasteiger partial charge in [-0.05, 0) is 43.3 Å². The van der Waals surface area contributed by atoms with E-state index < -0.39 is 0 Å². The fourth-order valence-corrected chi connectivity index (χ4v) is 3.42. The van der Waals surface area contributed by atoms with E-state index in [0.717, 1.165) is 15.2 Å². The zero-order valence-corrected chi connectivity index (χ0v) is 15.0. The second kappa shape index (κ2) is 7.20. The average molecular weight is 361 g/mol. The Labute approximate surface area is 149 Å². The number of fused-ring (bicyclic) bond motifs is 1. The van der Waals surface area contributed by atoms with Crippen LogP contribution >= 0.6 is 22.9 Å². The summed E-state index contributed by atoms with van der Waals surface area (Å²) in [5.74, 6) is 0.519. The van der Waals surface area contributed by atoms with Gasteiger partial charge < -0.3 is 9.64 Å². The monoisotopic (exact) mass is 360 g/mol. The molecule has 0 bridgehead atoms. The number of carbonyl (C=O) groups excluding carboxylic acids is 1. The predicted octanol–water partition coefficient (Wildman–Crippen LogP) is 4.55. The molecular formula is C18H17ClN2O2S. The van der Waals surface area contributed by atoms with Gasteiger partial charge in [-0.15, -0.1) is 11.3 Å². The minimum atomic E-state index is -0.108. The minimum Gasteiger partial charge on any atom is -0.484 e. The number of ether oxygens (including phenoxy) is 1. The molecule has 1 amide bonds. The van der Waals surface area contributed by atoms with Crippen LogP contribution in [0.3, 0.4) is 0 Å². The number of amides is 1. The molecule has 4 nitrogen and oxygen atoms in total. The maximum absolute atomic E-state index is 12.4. The highest BCUT2D eigenvalue weighted by molar-refractivity contribution is 7.18. The van der Waals surface area contributed by atoms with Gasteiger partial charge in [0.25, 0.3) is 5.91 Å². The number of para-hydroxylation sites is 1. The summed E-state index contributed by atoms with van der Waals surface area (Å²) in [6.07, 6.45) is 0. The summed E-state index contributed by atoms with van der Waals surface area (Å²) >= 11 is 7.44. The van der Waals surface area contributed by atoms with Crippen LogP contribution in [0.25, 0.3) is 10.2 Å². The van der Waals surface area contributed by atoms with E-state index in [9.17, 15) is 4.79 Å². The van der Waals surface area contributed by atoms with E-state index in [1.807, 2.05) is 31.2 Å². The molecule has 1 aromatic heterocycles. The molecule has 1 unspecified atom stereocenters. The number of nitrogens with zero attached hydrogens (tertiary/aromatic N) is 2. The molecule has 0 fully saturated rings. The number of hydrogen-bond donors (Lipinski definition) is 0. The molecule has 0 spiro atoms. The van der Waals surface area contributed by atoms with Crippen molar-refractivity contribution in [1.82, 2.24) is 9.88 Å². The van der Waals surface area contributed by atoms with E-state index in [1.54, 1.807) is 47.5 Å². The van der Waals surface area contributed by atoms with Gasteiger partial charge in [0, 0.05) is 12.1 Å². The van der Waals surface area contributed by atoms with Crippen LogP contribution in [0.4, 0.5) is 0 Å². The Morgan fingerprint density at radius 1 is 1.25 bits per heavy atom. The summed E-state index contributed by atoms with van der Waals surface area (Å²) in [6.45, 7) is 1.95. The van der Waals surface area contributed by atoms with Gasteiger partial charge in [-0.3, -0.25) is 4.79 Å². The first-order valence-electron chi connectivity index (χ1n) is 7.54. The van der Waals surface area contributed by atoms with Crippen molar-refractivity contribution in [2.45, 2.75) is 13.0 Å². The van der Waals surface area contributed by atoms with E-state index in [0.29, 0.717) is 10.8 Å². The van der Waals surface area contributed by atoms with Crippen molar-refractivity contribution < 1.29 is 9.53 Å². The third-order valence-corrected chi connectivity index (χ3v) is 5.28. The van der Waals surface area contributed by atoms with Crippen molar-refractivity contribution in [3.63, 3.8) is 0 Å². The molecule has 0 saturated heterocycles. The van der Waals surface area contributed by atoms with Crippen LogP contribution in [0, 0.1) is 0 Å². The first-order valence-corrected chi connectivity index (χ1v) is 8.73. The van der Waals surface area contributed by atoms with Gasteiger partial charge in [-0.2, -0.15) is 0 Å². The van der Waals surface area contributed by atoms with Crippen LogP contribution < -0.4 is 4.74 Å². The Morgan fingerprint density at radius 3 is 2.67 bits per heavy atom. The zero-order chi connectivity index (χ0) is 17.1. The number of hydrogen-bond acceptors (Lipinski definition) is 4. The lowest BCUT2D eigenvalue weighted by Crippen LogP contribution is -2.33. The van der Waals surface area contributed by atoms with Crippen LogP contribution in [0.5, 0.6) is 5.75 Å². The molecule has 2 aromatic carbocycles. The Balaban J connectivity index is 1.64. The van der Waals surface area contributed by atoms with E-state index in [4.69, 9.17) is 16.3 Å². The molecule has 0 aliphatic heterocycles. The number of rotatable bonds is 5. The number of benzene rings is 2. The van der Waals surface area contributed by atoms with E-state index >= 15 is 0 Å². The summed E-state index contributed by atoms with van der Waals surface area (Å²) in [4.78, 5) is 18.6. The van der Waals surface area contributed by atoms with Crippen molar-refractivity contribution in [2.75, 3.05) is 13.7 Å². The van der Waals surface area contributed by atoms with Gasteiger partial charge in [-0.25, -0.2) is 4.98 Å². The van der Waals surface area contributed by atoms with Crippen molar-refractivity contribution in [1.29, 1.82) is 0 Å². The lowest BCUT2D eigenvalue weighted by atomic mass is 10.3. The second-order valence-corrected chi connectivity index (χ2v) is 6.94. The lowest BCUT2D eigenvalue weighted by molar-refractivity contribution is -0.134. The van der Waals surface area contributed by atoms with E-state index in [2.05, 4.69) is 4.98 Å². The molecule has 3 aromatic rings. The molecule has 0 N–H and O–H groups in total. The fourth-order valence-electron chi connectivity index (χ4n) is 2.23. The van der Waals surface area contributed by atoms with Crippen molar-refractivity contribution in [3.05, 3.63) is 58.6 Å². The van der Waals surface area contributed by atoms with Crippen molar-refractivity contribution >= 4 is 39.1 Å². The SMILES string of the molecule is CC(c1nc2ccccc2s1)N(C)C(=O)COc1ccc(Cl)cc1. The molecule has 3 rings (SSSR count). The third kappa shape index (κ3) is 3.68. The van der Waals surface area contributed by atoms with Crippen LogP contribution in [0.1, 0.15) is 18.0 Å². The largest absolute Gasteiger partial charge is 0.484 e. The highest BCUT2D eigenvalue weighted by atomic mass is 35.5. The molecule has 1 atom stereocenters. The third-order valence-electron chi connectivity index (χ3n) is 3.82. The molecule has 6 heteroatoms. The lowest BCUT2D eigenvalue weighted by Gasteiger charge is -2.23. The molecular weight excluding hydrogens is 344 g/mol. The molecule has 124 valence electrons. The Kier molecular flexibility index (Phi) is 5.02. The fraction of sp³-hybridized carbons (Fsp3) is 0.222. The van der Waals surface area contributed by atoms with Crippen LogP contribution in [-0.4, -0.2) is 29.4 Å². The van der Waals surface area contributed by atoms with Crippen molar-refractivity contribution in [2.24, 2.45) is 0 Å². The van der Waals surface area contributed by atoms with Crippen LogP contribution in [0.15, 0.2) is 48.5 Å². The summed E-state index contributed by atoms with van der Waals surface area (Å²) in [6, 6.07) is 14.8. The standard InChI is InChI=1S/C18H17ClN2O2S/c1-12(18-20-15-5-3-4-6-16(15)24-18)21(2)17(22)11-23-14-9-7-13(19)8-10-14/h3-10,12H,11H2,1-2H3. The summed E-state index contributed by atoms with van der Waals surface area (Å²) in [7, 11) is 1.77. The molecule has 0 radical (unpaired) electrons. The van der Waals surface area contributed by atoms with Gasteiger partial charge in [0.2, 0.25) is 0 Å². The topological polar surface area (TPSA) is 42.4 Å². The summed E-state index contributed by atoms with van der Waals surface area (Å²) in [5.41, 5.74) is 0.961. The van der Waals surface area contributed by atoms with E-state index in [1.165, 1.54) is 0 Å². The molecule has 24 heavy (non-hydrogen) atoms. The Morgan fingerprint density at radius 2 is 1.96 bits per heavy atom. The summed E-state index contributed by atoms with van der Waals surface area (Å²) in [5, 5.41) is 1.55.